The molecule has 2 aromatic rings. The summed E-state index contributed by atoms with van der Waals surface area (Å²) >= 11 is 3.31. The molecule has 1 aromatic heterocycles. The lowest BCUT2D eigenvalue weighted by molar-refractivity contribution is 0.593. The molecule has 0 atom stereocenters. The molecule has 1 heterocycles. The van der Waals surface area contributed by atoms with Crippen molar-refractivity contribution in [2.45, 2.75) is 24.9 Å². The van der Waals surface area contributed by atoms with E-state index in [1.54, 1.807) is 24.3 Å². The van der Waals surface area contributed by atoms with Gasteiger partial charge < -0.3 is 5.32 Å². The van der Waals surface area contributed by atoms with Gasteiger partial charge in [-0.15, -0.1) is 0 Å². The van der Waals surface area contributed by atoms with Gasteiger partial charge in [-0.2, -0.15) is 13.5 Å². The first kappa shape index (κ1) is 16.0. The lowest BCUT2D eigenvalue weighted by atomic mass is 10.3. The van der Waals surface area contributed by atoms with Gasteiger partial charge in [0.15, 0.2) is 5.03 Å². The highest BCUT2D eigenvalue weighted by molar-refractivity contribution is 9.10. The summed E-state index contributed by atoms with van der Waals surface area (Å²) < 4.78 is 28.2. The summed E-state index contributed by atoms with van der Waals surface area (Å²) in [7, 11) is -3.67. The van der Waals surface area contributed by atoms with Crippen LogP contribution < -0.4 is 10.0 Å². The molecule has 3 N–H and O–H groups in total. The zero-order valence-electron chi connectivity index (χ0n) is 11.6. The number of H-pyrrole nitrogens is 1. The van der Waals surface area contributed by atoms with Gasteiger partial charge >= 0.3 is 0 Å². The predicted molar refractivity (Wildman–Crippen MR) is 85.5 cm³/mol. The summed E-state index contributed by atoms with van der Waals surface area (Å²) in [5.41, 5.74) is 1.12. The molecule has 0 unspecified atom stereocenters. The number of benzene rings is 1. The molecular weight excluding hydrogens is 356 g/mol. The van der Waals surface area contributed by atoms with Crippen LogP contribution in [0.2, 0.25) is 0 Å². The lowest BCUT2D eigenvalue weighted by Crippen LogP contribution is -2.19. The molecule has 114 valence electrons. The maximum Gasteiger partial charge on any atom is 0.279 e. The Morgan fingerprint density at radius 2 is 2.00 bits per heavy atom. The van der Waals surface area contributed by atoms with E-state index in [1.807, 2.05) is 0 Å². The number of nitrogens with zero attached hydrogens (tertiary/aromatic N) is 1. The number of nitrogens with one attached hydrogen (secondary N) is 3. The van der Waals surface area contributed by atoms with Gasteiger partial charge in [0.05, 0.1) is 6.20 Å². The third kappa shape index (κ3) is 4.29. The van der Waals surface area contributed by atoms with Crippen molar-refractivity contribution in [1.82, 2.24) is 15.5 Å². The molecule has 0 aliphatic heterocycles. The van der Waals surface area contributed by atoms with Gasteiger partial charge in [-0.25, -0.2) is 0 Å². The Bertz CT molecular complexity index is 682. The van der Waals surface area contributed by atoms with Crippen LogP contribution in [-0.4, -0.2) is 25.2 Å². The molecule has 0 radical (unpaired) electrons. The average molecular weight is 373 g/mol. The molecule has 0 aliphatic rings. The van der Waals surface area contributed by atoms with Crippen molar-refractivity contribution in [3.63, 3.8) is 0 Å². The van der Waals surface area contributed by atoms with Crippen molar-refractivity contribution < 1.29 is 8.42 Å². The fourth-order valence-corrected chi connectivity index (χ4v) is 3.24. The van der Waals surface area contributed by atoms with E-state index in [0.717, 1.165) is 17.4 Å². The molecule has 1 aromatic carbocycles. The number of aromatic amines is 1. The van der Waals surface area contributed by atoms with Crippen LogP contribution >= 0.6 is 15.9 Å². The summed E-state index contributed by atoms with van der Waals surface area (Å²) in [6.07, 6.45) is 2.51. The zero-order valence-corrected chi connectivity index (χ0v) is 14.0. The second kappa shape index (κ2) is 7.06. The summed E-state index contributed by atoms with van der Waals surface area (Å²) in [5.74, 6) is 0. The van der Waals surface area contributed by atoms with E-state index in [4.69, 9.17) is 0 Å². The minimum absolute atomic E-state index is 0.0917. The fourth-order valence-electron chi connectivity index (χ4n) is 1.78. The third-order valence-electron chi connectivity index (χ3n) is 2.79. The van der Waals surface area contributed by atoms with Crippen LogP contribution in [0.3, 0.4) is 0 Å². The van der Waals surface area contributed by atoms with Crippen LogP contribution in [-0.2, 0) is 16.6 Å². The molecule has 0 aliphatic carbocycles. The minimum atomic E-state index is -3.67. The fraction of sp³-hybridized carbons (Fsp3) is 0.308. The zero-order chi connectivity index (χ0) is 15.3. The number of aromatic nitrogens is 2. The molecule has 21 heavy (non-hydrogen) atoms. The SMILES string of the molecule is CCCNCc1cn[nH]c1S(=O)(=O)Nc1ccc(Br)cc1. The maximum absolute atomic E-state index is 12.4. The Kier molecular flexibility index (Phi) is 5.38. The van der Waals surface area contributed by atoms with E-state index in [-0.39, 0.29) is 5.03 Å². The highest BCUT2D eigenvalue weighted by atomic mass is 79.9. The topological polar surface area (TPSA) is 86.9 Å². The van der Waals surface area contributed by atoms with E-state index in [9.17, 15) is 8.42 Å². The van der Waals surface area contributed by atoms with Gasteiger partial charge in [0.2, 0.25) is 0 Å². The molecule has 0 saturated heterocycles. The van der Waals surface area contributed by atoms with E-state index < -0.39 is 10.0 Å². The Hall–Kier alpha value is -1.38. The van der Waals surface area contributed by atoms with Crippen LogP contribution in [0.1, 0.15) is 18.9 Å². The summed E-state index contributed by atoms with van der Waals surface area (Å²) in [5, 5.41) is 9.64. The number of rotatable bonds is 7. The molecule has 0 amide bonds. The van der Waals surface area contributed by atoms with Gasteiger partial charge in [0.25, 0.3) is 10.0 Å². The Morgan fingerprint density at radius 3 is 2.67 bits per heavy atom. The van der Waals surface area contributed by atoms with Crippen molar-refractivity contribution in [1.29, 1.82) is 0 Å². The smallest absolute Gasteiger partial charge is 0.279 e. The summed E-state index contributed by atoms with van der Waals surface area (Å²) in [6, 6.07) is 6.92. The number of hydrogen-bond acceptors (Lipinski definition) is 4. The minimum Gasteiger partial charge on any atom is -0.313 e. The van der Waals surface area contributed by atoms with Crippen LogP contribution in [0.15, 0.2) is 40.0 Å². The van der Waals surface area contributed by atoms with E-state index >= 15 is 0 Å². The van der Waals surface area contributed by atoms with Crippen molar-refractivity contribution >= 4 is 31.6 Å². The average Bonchev–Trinajstić information content (AvgIpc) is 2.91. The van der Waals surface area contributed by atoms with Gasteiger partial charge in [-0.05, 0) is 37.2 Å². The molecule has 6 nitrogen and oxygen atoms in total. The summed E-state index contributed by atoms with van der Waals surface area (Å²) in [4.78, 5) is 0. The third-order valence-corrected chi connectivity index (χ3v) is 4.71. The first-order chi connectivity index (χ1) is 10.0. The molecule has 0 spiro atoms. The number of halogens is 1. The molecular formula is C13H17BrN4O2S. The molecule has 0 fully saturated rings. The summed E-state index contributed by atoms with van der Waals surface area (Å²) in [6.45, 7) is 3.33. The van der Waals surface area contributed by atoms with Gasteiger partial charge in [0, 0.05) is 22.3 Å². The van der Waals surface area contributed by atoms with Gasteiger partial charge in [-0.1, -0.05) is 22.9 Å². The second-order valence-electron chi connectivity index (χ2n) is 4.51. The van der Waals surface area contributed by atoms with E-state index in [1.165, 1.54) is 6.20 Å². The van der Waals surface area contributed by atoms with Crippen molar-refractivity contribution in [2.75, 3.05) is 11.3 Å². The number of sulfonamides is 1. The van der Waals surface area contributed by atoms with Crippen LogP contribution in [0.4, 0.5) is 5.69 Å². The van der Waals surface area contributed by atoms with Crippen molar-refractivity contribution in [3.8, 4) is 0 Å². The molecule has 0 saturated carbocycles. The van der Waals surface area contributed by atoms with Crippen molar-refractivity contribution in [2.24, 2.45) is 0 Å². The molecule has 0 bridgehead atoms. The predicted octanol–water partition coefficient (Wildman–Crippen LogP) is 2.47. The van der Waals surface area contributed by atoms with Crippen molar-refractivity contribution in [3.05, 3.63) is 40.5 Å². The number of hydrogen-bond donors (Lipinski definition) is 3. The Labute approximate surface area is 132 Å². The van der Waals surface area contributed by atoms with Crippen LogP contribution in [0, 0.1) is 0 Å². The van der Waals surface area contributed by atoms with E-state index in [2.05, 4.69) is 43.1 Å². The lowest BCUT2D eigenvalue weighted by Gasteiger charge is -2.09. The monoisotopic (exact) mass is 372 g/mol. The Morgan fingerprint density at radius 1 is 1.29 bits per heavy atom. The molecule has 8 heteroatoms. The Balaban J connectivity index is 2.16. The van der Waals surface area contributed by atoms with Gasteiger partial charge in [-0.3, -0.25) is 9.82 Å². The van der Waals surface area contributed by atoms with Crippen LogP contribution in [0.5, 0.6) is 0 Å². The standard InChI is InChI=1S/C13H17BrN4O2S/c1-2-7-15-8-10-9-16-17-13(10)21(19,20)18-12-5-3-11(14)4-6-12/h3-6,9,15,18H,2,7-8H2,1H3,(H,16,17). The first-order valence-corrected chi connectivity index (χ1v) is 8.82. The maximum atomic E-state index is 12.4. The normalized spacial score (nSPS) is 11.5. The first-order valence-electron chi connectivity index (χ1n) is 6.54. The second-order valence-corrected chi connectivity index (χ2v) is 7.05. The van der Waals surface area contributed by atoms with E-state index in [0.29, 0.717) is 17.8 Å². The quantitative estimate of drug-likeness (QED) is 0.651. The largest absolute Gasteiger partial charge is 0.313 e. The number of anilines is 1. The highest BCUT2D eigenvalue weighted by Gasteiger charge is 2.20. The van der Waals surface area contributed by atoms with Crippen LogP contribution in [0.25, 0.3) is 0 Å². The van der Waals surface area contributed by atoms with Gasteiger partial charge in [0.1, 0.15) is 0 Å². The highest BCUT2D eigenvalue weighted by Crippen LogP contribution is 2.19. The molecule has 2 rings (SSSR count).